The van der Waals surface area contributed by atoms with Crippen molar-refractivity contribution in [2.24, 2.45) is 5.92 Å². The minimum absolute atomic E-state index is 0.229. The summed E-state index contributed by atoms with van der Waals surface area (Å²) in [6.07, 6.45) is 4.63. The van der Waals surface area contributed by atoms with Crippen LogP contribution in [0.15, 0.2) is 18.2 Å². The van der Waals surface area contributed by atoms with Gasteiger partial charge in [0.15, 0.2) is 0 Å². The summed E-state index contributed by atoms with van der Waals surface area (Å²) in [6, 6.07) is 4.84. The number of benzene rings is 1. The molecule has 1 aliphatic carbocycles. The van der Waals surface area contributed by atoms with Crippen LogP contribution in [0.4, 0.5) is 20.6 Å². The van der Waals surface area contributed by atoms with Crippen molar-refractivity contribution in [1.29, 1.82) is 0 Å². The summed E-state index contributed by atoms with van der Waals surface area (Å²) < 4.78 is 20.3. The van der Waals surface area contributed by atoms with Crippen molar-refractivity contribution < 1.29 is 18.7 Å². The number of nitrogens with zero attached hydrogens (tertiary/aromatic N) is 3. The summed E-state index contributed by atoms with van der Waals surface area (Å²) in [7, 11) is 0. The Hall–Kier alpha value is -2.42. The van der Waals surface area contributed by atoms with E-state index >= 15 is 0 Å². The number of cyclic esters (lactones) is 1. The van der Waals surface area contributed by atoms with Gasteiger partial charge in [0.25, 0.3) is 0 Å². The first-order valence-corrected chi connectivity index (χ1v) is 11.9. The standard InChI is InChI=1S/C23H31FN4O3S/c1-16(32)25-14-19-15-28(23(30)31-19)18-6-7-21(20(24)13-18)26-8-10-27(11-9-26)22(29)12-17-4-2-3-5-17/h6-7,13,17,19H,2-5,8-12,14-15H2,1H3,(H,25,32). The van der Waals surface area contributed by atoms with Crippen molar-refractivity contribution in [3.8, 4) is 0 Å². The van der Waals surface area contributed by atoms with Gasteiger partial charge in [-0.05, 0) is 43.9 Å². The summed E-state index contributed by atoms with van der Waals surface area (Å²) in [5, 5.41) is 2.99. The van der Waals surface area contributed by atoms with Crippen molar-refractivity contribution in [1.82, 2.24) is 10.2 Å². The molecular formula is C23H31FN4O3S. The molecule has 2 aliphatic heterocycles. The molecule has 0 radical (unpaired) electrons. The number of halogens is 1. The third-order valence-corrected chi connectivity index (χ3v) is 6.75. The highest BCUT2D eigenvalue weighted by Gasteiger charge is 2.33. The zero-order valence-electron chi connectivity index (χ0n) is 18.5. The fraction of sp³-hybridized carbons (Fsp3) is 0.609. The molecule has 0 spiro atoms. The van der Waals surface area contributed by atoms with Crippen LogP contribution in [0.25, 0.3) is 0 Å². The molecule has 4 rings (SSSR count). The van der Waals surface area contributed by atoms with E-state index in [9.17, 15) is 14.0 Å². The van der Waals surface area contributed by atoms with Crippen LogP contribution in [0.5, 0.6) is 0 Å². The van der Waals surface area contributed by atoms with E-state index in [2.05, 4.69) is 5.32 Å². The van der Waals surface area contributed by atoms with Crippen LogP contribution in [0.3, 0.4) is 0 Å². The van der Waals surface area contributed by atoms with E-state index < -0.39 is 6.09 Å². The summed E-state index contributed by atoms with van der Waals surface area (Å²) in [5.41, 5.74) is 0.974. The number of amides is 2. The van der Waals surface area contributed by atoms with Crippen LogP contribution in [-0.2, 0) is 9.53 Å². The van der Waals surface area contributed by atoms with Crippen molar-refractivity contribution in [3.63, 3.8) is 0 Å². The molecule has 3 aliphatic rings. The van der Waals surface area contributed by atoms with Gasteiger partial charge in [-0.15, -0.1) is 0 Å². The van der Waals surface area contributed by atoms with Gasteiger partial charge >= 0.3 is 6.09 Å². The van der Waals surface area contributed by atoms with Gasteiger partial charge in [0.05, 0.1) is 29.5 Å². The molecule has 32 heavy (non-hydrogen) atoms. The van der Waals surface area contributed by atoms with E-state index in [-0.39, 0.29) is 17.8 Å². The minimum Gasteiger partial charge on any atom is -0.442 e. The Morgan fingerprint density at radius 1 is 1.22 bits per heavy atom. The zero-order valence-corrected chi connectivity index (χ0v) is 19.3. The lowest BCUT2D eigenvalue weighted by Crippen LogP contribution is -2.49. The molecule has 3 fully saturated rings. The van der Waals surface area contributed by atoms with Crippen molar-refractivity contribution in [3.05, 3.63) is 24.0 Å². The maximum Gasteiger partial charge on any atom is 0.414 e. The number of hydrogen-bond acceptors (Lipinski definition) is 5. The average molecular weight is 463 g/mol. The molecule has 2 amide bonds. The summed E-state index contributed by atoms with van der Waals surface area (Å²) >= 11 is 4.99. The molecule has 1 aromatic carbocycles. The number of thiocarbonyl (C=S) groups is 1. The highest BCUT2D eigenvalue weighted by Crippen LogP contribution is 2.30. The first-order valence-electron chi connectivity index (χ1n) is 11.5. The topological polar surface area (TPSA) is 65.1 Å². The fourth-order valence-electron chi connectivity index (χ4n) is 4.80. The molecule has 7 nitrogen and oxygen atoms in total. The smallest absolute Gasteiger partial charge is 0.414 e. The van der Waals surface area contributed by atoms with Gasteiger partial charge < -0.3 is 19.9 Å². The van der Waals surface area contributed by atoms with Gasteiger partial charge in [-0.25, -0.2) is 9.18 Å². The Morgan fingerprint density at radius 2 is 1.94 bits per heavy atom. The Balaban J connectivity index is 1.32. The molecule has 1 saturated carbocycles. The fourth-order valence-corrected chi connectivity index (χ4v) is 4.89. The molecule has 0 bridgehead atoms. The predicted octanol–water partition coefficient (Wildman–Crippen LogP) is 3.32. The number of carbonyl (C=O) groups excluding carboxylic acids is 2. The Kier molecular flexibility index (Phi) is 7.13. The van der Waals surface area contributed by atoms with E-state index in [1.807, 2.05) is 9.80 Å². The maximum absolute atomic E-state index is 15.0. The second-order valence-corrected chi connectivity index (χ2v) is 9.52. The number of carbonyl (C=O) groups is 2. The van der Waals surface area contributed by atoms with Crippen LogP contribution < -0.4 is 15.1 Å². The monoisotopic (exact) mass is 462 g/mol. The van der Waals surface area contributed by atoms with Crippen LogP contribution in [0, 0.1) is 11.7 Å². The third-order valence-electron chi connectivity index (χ3n) is 6.61. The summed E-state index contributed by atoms with van der Waals surface area (Å²) in [4.78, 5) is 30.8. The van der Waals surface area contributed by atoms with Gasteiger partial charge in [0, 0.05) is 32.6 Å². The molecule has 0 aromatic heterocycles. The number of anilines is 2. The average Bonchev–Trinajstić information content (AvgIpc) is 3.41. The lowest BCUT2D eigenvalue weighted by molar-refractivity contribution is -0.132. The largest absolute Gasteiger partial charge is 0.442 e. The molecule has 1 N–H and O–H groups in total. The number of rotatable bonds is 6. The minimum atomic E-state index is -0.486. The SMILES string of the molecule is CC(=S)NCC1CN(c2ccc(N3CCN(C(=O)CC4CCCC4)CC3)c(F)c2)C(=O)O1. The van der Waals surface area contributed by atoms with Crippen LogP contribution in [0.1, 0.15) is 39.0 Å². The zero-order chi connectivity index (χ0) is 22.7. The molecule has 1 unspecified atom stereocenters. The predicted molar refractivity (Wildman–Crippen MR) is 126 cm³/mol. The van der Waals surface area contributed by atoms with Gasteiger partial charge in [0.2, 0.25) is 5.91 Å². The first kappa shape index (κ1) is 22.8. The molecule has 1 aromatic rings. The second kappa shape index (κ2) is 10.0. The molecule has 174 valence electrons. The molecule has 1 atom stereocenters. The van der Waals surface area contributed by atoms with Crippen LogP contribution >= 0.6 is 12.2 Å². The molecule has 9 heteroatoms. The van der Waals surface area contributed by atoms with Crippen molar-refractivity contribution in [2.75, 3.05) is 49.1 Å². The van der Waals surface area contributed by atoms with E-state index in [1.54, 1.807) is 19.1 Å². The highest BCUT2D eigenvalue weighted by atomic mass is 32.1. The first-order chi connectivity index (χ1) is 15.4. The van der Waals surface area contributed by atoms with Crippen LogP contribution in [-0.4, -0.2) is 67.3 Å². The van der Waals surface area contributed by atoms with E-state index in [0.717, 1.165) is 12.8 Å². The molecule has 2 heterocycles. The lowest BCUT2D eigenvalue weighted by Gasteiger charge is -2.36. The van der Waals surface area contributed by atoms with Crippen molar-refractivity contribution in [2.45, 2.75) is 45.1 Å². The number of piperazine rings is 1. The number of nitrogens with one attached hydrogen (secondary N) is 1. The van der Waals surface area contributed by atoms with Gasteiger partial charge in [0.1, 0.15) is 11.9 Å². The van der Waals surface area contributed by atoms with Gasteiger partial charge in [-0.3, -0.25) is 9.69 Å². The van der Waals surface area contributed by atoms with Crippen molar-refractivity contribution >= 4 is 40.6 Å². The Morgan fingerprint density at radius 3 is 2.59 bits per heavy atom. The summed E-state index contributed by atoms with van der Waals surface area (Å²) in [6.45, 7) is 4.96. The maximum atomic E-state index is 15.0. The molecular weight excluding hydrogens is 431 g/mol. The van der Waals surface area contributed by atoms with E-state index in [4.69, 9.17) is 17.0 Å². The van der Waals surface area contributed by atoms with E-state index in [0.29, 0.717) is 68.0 Å². The highest BCUT2D eigenvalue weighted by molar-refractivity contribution is 7.80. The lowest BCUT2D eigenvalue weighted by atomic mass is 10.0. The summed E-state index contributed by atoms with van der Waals surface area (Å²) in [5.74, 6) is 0.391. The quantitative estimate of drug-likeness (QED) is 0.655. The second-order valence-electron chi connectivity index (χ2n) is 8.91. The Labute approximate surface area is 193 Å². The van der Waals surface area contributed by atoms with E-state index in [1.165, 1.54) is 23.8 Å². The van der Waals surface area contributed by atoms with Gasteiger partial charge in [-0.1, -0.05) is 25.1 Å². The van der Waals surface area contributed by atoms with Crippen LogP contribution in [0.2, 0.25) is 0 Å². The molecule has 2 saturated heterocycles. The third kappa shape index (κ3) is 5.31. The van der Waals surface area contributed by atoms with Gasteiger partial charge in [-0.2, -0.15) is 0 Å². The Bertz CT molecular complexity index is 869. The number of hydrogen-bond donors (Lipinski definition) is 1. The number of ether oxygens (including phenoxy) is 1. The normalized spacial score (nSPS) is 21.8.